The number of nitrogens with one attached hydrogen (secondary N) is 1. The molecule has 2 N–H and O–H groups in total. The molecule has 0 radical (unpaired) electrons. The third kappa shape index (κ3) is 2.13. The van der Waals surface area contributed by atoms with E-state index in [1.807, 2.05) is 30.3 Å². The quantitative estimate of drug-likeness (QED) is 0.737. The maximum Gasteiger partial charge on any atom is 0.108 e. The molecule has 1 unspecified atom stereocenters. The Bertz CT molecular complexity index is 646. The van der Waals surface area contributed by atoms with Crippen molar-refractivity contribution >= 4 is 10.8 Å². The number of benzene rings is 2. The van der Waals surface area contributed by atoms with E-state index in [1.54, 1.807) is 12.4 Å². The largest absolute Gasteiger partial charge is 0.388 e. The third-order valence-electron chi connectivity index (χ3n) is 3.10. The van der Waals surface area contributed by atoms with Gasteiger partial charge in [-0.1, -0.05) is 36.4 Å². The van der Waals surface area contributed by atoms with Crippen LogP contribution in [0.25, 0.3) is 10.8 Å². The van der Waals surface area contributed by atoms with Gasteiger partial charge in [-0.25, -0.2) is 4.98 Å². The minimum absolute atomic E-state index is 0.505. The number of aliphatic hydroxyl groups excluding tert-OH is 1. The molecule has 0 saturated carbocycles. The standard InChI is InChI=1S/C15H14N2O/c18-14(10-15-16-7-8-17-15)13-6-5-11-3-1-2-4-12(11)9-13/h1-9,14,18H,10H2,(H,16,17). The van der Waals surface area contributed by atoms with Crippen molar-refractivity contribution in [3.05, 3.63) is 66.2 Å². The first-order valence-electron chi connectivity index (χ1n) is 5.98. The monoisotopic (exact) mass is 238 g/mol. The van der Waals surface area contributed by atoms with E-state index in [0.29, 0.717) is 6.42 Å². The Morgan fingerprint density at radius 3 is 2.72 bits per heavy atom. The van der Waals surface area contributed by atoms with Crippen LogP contribution in [-0.2, 0) is 6.42 Å². The molecule has 0 spiro atoms. The van der Waals surface area contributed by atoms with Crippen LogP contribution in [0.5, 0.6) is 0 Å². The zero-order valence-corrected chi connectivity index (χ0v) is 9.88. The Hall–Kier alpha value is -2.13. The Morgan fingerprint density at radius 2 is 1.94 bits per heavy atom. The Kier molecular flexibility index (Phi) is 2.82. The van der Waals surface area contributed by atoms with Gasteiger partial charge in [-0.3, -0.25) is 0 Å². The highest BCUT2D eigenvalue weighted by molar-refractivity contribution is 5.83. The van der Waals surface area contributed by atoms with Gasteiger partial charge in [-0.05, 0) is 22.4 Å². The summed E-state index contributed by atoms with van der Waals surface area (Å²) < 4.78 is 0. The summed E-state index contributed by atoms with van der Waals surface area (Å²) in [5, 5.41) is 12.5. The fraction of sp³-hybridized carbons (Fsp3) is 0.133. The molecule has 3 heteroatoms. The fourth-order valence-corrected chi connectivity index (χ4v) is 2.13. The number of fused-ring (bicyclic) bond motifs is 1. The van der Waals surface area contributed by atoms with Crippen molar-refractivity contribution < 1.29 is 5.11 Å². The van der Waals surface area contributed by atoms with Crippen LogP contribution in [0.3, 0.4) is 0 Å². The van der Waals surface area contributed by atoms with Gasteiger partial charge in [0.05, 0.1) is 6.10 Å². The summed E-state index contributed by atoms with van der Waals surface area (Å²) in [6, 6.07) is 14.2. The predicted molar refractivity (Wildman–Crippen MR) is 71.2 cm³/mol. The zero-order valence-electron chi connectivity index (χ0n) is 9.88. The Morgan fingerprint density at radius 1 is 1.11 bits per heavy atom. The minimum atomic E-state index is -0.527. The molecule has 0 fully saturated rings. The number of H-pyrrole nitrogens is 1. The first kappa shape index (κ1) is 11.0. The first-order valence-corrected chi connectivity index (χ1v) is 5.98. The van der Waals surface area contributed by atoms with Crippen molar-refractivity contribution in [1.82, 2.24) is 9.97 Å². The van der Waals surface area contributed by atoms with Crippen LogP contribution in [0.1, 0.15) is 17.5 Å². The molecular weight excluding hydrogens is 224 g/mol. The molecule has 0 aliphatic heterocycles. The third-order valence-corrected chi connectivity index (χ3v) is 3.10. The average molecular weight is 238 g/mol. The average Bonchev–Trinajstić information content (AvgIpc) is 2.91. The number of rotatable bonds is 3. The molecule has 2 aromatic carbocycles. The highest BCUT2D eigenvalue weighted by Crippen LogP contribution is 2.22. The molecule has 1 heterocycles. The van der Waals surface area contributed by atoms with Gasteiger partial charge in [0.2, 0.25) is 0 Å². The number of aromatic nitrogens is 2. The number of hydrogen-bond acceptors (Lipinski definition) is 2. The van der Waals surface area contributed by atoms with Gasteiger partial charge in [0.25, 0.3) is 0 Å². The highest BCUT2D eigenvalue weighted by Gasteiger charge is 2.10. The first-order chi connectivity index (χ1) is 8.83. The number of imidazole rings is 1. The zero-order chi connectivity index (χ0) is 12.4. The lowest BCUT2D eigenvalue weighted by atomic mass is 10.0. The number of aromatic amines is 1. The number of nitrogens with zero attached hydrogens (tertiary/aromatic N) is 1. The van der Waals surface area contributed by atoms with Gasteiger partial charge < -0.3 is 10.1 Å². The van der Waals surface area contributed by atoms with E-state index in [1.165, 1.54) is 5.39 Å². The van der Waals surface area contributed by atoms with Crippen LogP contribution < -0.4 is 0 Å². The maximum atomic E-state index is 10.2. The molecule has 1 atom stereocenters. The van der Waals surface area contributed by atoms with Crippen molar-refractivity contribution in [2.75, 3.05) is 0 Å². The Balaban J connectivity index is 1.89. The Labute approximate surface area is 105 Å². The lowest BCUT2D eigenvalue weighted by molar-refractivity contribution is 0.176. The molecule has 3 aromatic rings. The van der Waals surface area contributed by atoms with Gasteiger partial charge >= 0.3 is 0 Å². The predicted octanol–water partition coefficient (Wildman–Crippen LogP) is 2.84. The molecule has 0 saturated heterocycles. The van der Waals surface area contributed by atoms with Crippen LogP contribution in [0.2, 0.25) is 0 Å². The molecule has 0 bridgehead atoms. The maximum absolute atomic E-state index is 10.2. The molecule has 0 amide bonds. The molecule has 3 rings (SSSR count). The second kappa shape index (κ2) is 4.63. The van der Waals surface area contributed by atoms with Gasteiger partial charge in [-0.2, -0.15) is 0 Å². The molecule has 0 aliphatic rings. The summed E-state index contributed by atoms with van der Waals surface area (Å²) in [5.74, 6) is 0.802. The molecule has 90 valence electrons. The summed E-state index contributed by atoms with van der Waals surface area (Å²) in [4.78, 5) is 7.13. The molecule has 18 heavy (non-hydrogen) atoms. The lowest BCUT2D eigenvalue weighted by Gasteiger charge is -2.10. The fourth-order valence-electron chi connectivity index (χ4n) is 2.13. The van der Waals surface area contributed by atoms with Gasteiger partial charge in [0.15, 0.2) is 0 Å². The summed E-state index contributed by atoms with van der Waals surface area (Å²) in [5.41, 5.74) is 0.921. The molecule has 0 aliphatic carbocycles. The molecule has 3 nitrogen and oxygen atoms in total. The number of aliphatic hydroxyl groups is 1. The summed E-state index contributed by atoms with van der Waals surface area (Å²) in [6.45, 7) is 0. The van der Waals surface area contributed by atoms with E-state index >= 15 is 0 Å². The van der Waals surface area contributed by atoms with Gasteiger partial charge in [0, 0.05) is 18.8 Å². The summed E-state index contributed by atoms with van der Waals surface area (Å²) in [6.07, 6.45) is 3.44. The van der Waals surface area contributed by atoms with Crippen molar-refractivity contribution in [3.63, 3.8) is 0 Å². The van der Waals surface area contributed by atoms with Gasteiger partial charge in [0.1, 0.15) is 5.82 Å². The summed E-state index contributed by atoms with van der Waals surface area (Å²) >= 11 is 0. The molecule has 1 aromatic heterocycles. The van der Waals surface area contributed by atoms with Crippen molar-refractivity contribution in [1.29, 1.82) is 0 Å². The van der Waals surface area contributed by atoms with E-state index in [2.05, 4.69) is 22.1 Å². The van der Waals surface area contributed by atoms with Crippen molar-refractivity contribution in [3.8, 4) is 0 Å². The van der Waals surface area contributed by atoms with Crippen LogP contribution in [0, 0.1) is 0 Å². The van der Waals surface area contributed by atoms with Crippen molar-refractivity contribution in [2.24, 2.45) is 0 Å². The minimum Gasteiger partial charge on any atom is -0.388 e. The summed E-state index contributed by atoms with van der Waals surface area (Å²) in [7, 11) is 0. The highest BCUT2D eigenvalue weighted by atomic mass is 16.3. The topological polar surface area (TPSA) is 48.9 Å². The van der Waals surface area contributed by atoms with Crippen molar-refractivity contribution in [2.45, 2.75) is 12.5 Å². The van der Waals surface area contributed by atoms with E-state index in [4.69, 9.17) is 0 Å². The number of hydrogen-bond donors (Lipinski definition) is 2. The van der Waals surface area contributed by atoms with Crippen LogP contribution in [-0.4, -0.2) is 15.1 Å². The van der Waals surface area contributed by atoms with Crippen LogP contribution in [0.15, 0.2) is 54.9 Å². The second-order valence-corrected chi connectivity index (χ2v) is 4.36. The lowest BCUT2D eigenvalue weighted by Crippen LogP contribution is -2.03. The van der Waals surface area contributed by atoms with E-state index in [0.717, 1.165) is 16.8 Å². The van der Waals surface area contributed by atoms with E-state index in [9.17, 15) is 5.11 Å². The second-order valence-electron chi connectivity index (χ2n) is 4.36. The van der Waals surface area contributed by atoms with Gasteiger partial charge in [-0.15, -0.1) is 0 Å². The normalized spacial score (nSPS) is 12.7. The smallest absolute Gasteiger partial charge is 0.108 e. The van der Waals surface area contributed by atoms with E-state index < -0.39 is 6.10 Å². The van der Waals surface area contributed by atoms with E-state index in [-0.39, 0.29) is 0 Å². The SMILES string of the molecule is OC(Cc1ncc[nH]1)c1ccc2ccccc2c1. The van der Waals surface area contributed by atoms with Crippen LogP contribution >= 0.6 is 0 Å². The molecular formula is C15H14N2O. The van der Waals surface area contributed by atoms with Crippen LogP contribution in [0.4, 0.5) is 0 Å².